The highest BCUT2D eigenvalue weighted by Crippen LogP contribution is 2.26. The molecule has 16 heavy (non-hydrogen) atoms. The van der Waals surface area contributed by atoms with E-state index >= 15 is 0 Å². The molecule has 0 aliphatic carbocycles. The molecule has 0 spiro atoms. The van der Waals surface area contributed by atoms with Gasteiger partial charge < -0.3 is 4.90 Å². The van der Waals surface area contributed by atoms with Gasteiger partial charge in [-0.15, -0.1) is 0 Å². The van der Waals surface area contributed by atoms with Crippen molar-refractivity contribution >= 4 is 21.7 Å². The van der Waals surface area contributed by atoms with Crippen LogP contribution in [0.1, 0.15) is 13.3 Å². The summed E-state index contributed by atoms with van der Waals surface area (Å²) in [6.45, 7) is 1.19. The van der Waals surface area contributed by atoms with Crippen LogP contribution in [0.15, 0.2) is 22.8 Å². The van der Waals surface area contributed by atoms with Crippen LogP contribution in [-0.2, 0) is 0 Å². The largest absolute Gasteiger partial charge is 0.405 e. The van der Waals surface area contributed by atoms with Gasteiger partial charge in [0, 0.05) is 12.7 Å². The van der Waals surface area contributed by atoms with Crippen molar-refractivity contribution in [2.24, 2.45) is 0 Å². The smallest absolute Gasteiger partial charge is 0.347 e. The summed E-state index contributed by atoms with van der Waals surface area (Å²) in [6, 6.07) is 3.35. The normalized spacial score (nSPS) is 11.6. The second kappa shape index (κ2) is 5.52. The average Bonchev–Trinajstić information content (AvgIpc) is 2.16. The highest BCUT2D eigenvalue weighted by atomic mass is 79.9. The van der Waals surface area contributed by atoms with Crippen LogP contribution in [0.25, 0.3) is 0 Å². The van der Waals surface area contributed by atoms with Crippen LogP contribution in [0, 0.1) is 0 Å². The Balaban J connectivity index is 2.89. The maximum Gasteiger partial charge on any atom is 0.405 e. The molecular weight excluding hydrogens is 285 g/mol. The van der Waals surface area contributed by atoms with Crippen LogP contribution in [-0.4, -0.2) is 24.2 Å². The van der Waals surface area contributed by atoms with Crippen molar-refractivity contribution in [3.05, 3.63) is 22.8 Å². The van der Waals surface area contributed by atoms with Gasteiger partial charge in [0.25, 0.3) is 0 Å². The van der Waals surface area contributed by atoms with E-state index in [0.717, 1.165) is 0 Å². The molecule has 0 N–H and O–H groups in total. The van der Waals surface area contributed by atoms with Crippen molar-refractivity contribution < 1.29 is 13.2 Å². The molecule has 1 heterocycles. The molecular formula is C10H12BrF3N2. The van der Waals surface area contributed by atoms with Gasteiger partial charge in [-0.25, -0.2) is 4.98 Å². The van der Waals surface area contributed by atoms with Gasteiger partial charge in [0.05, 0.1) is 4.47 Å². The van der Waals surface area contributed by atoms with E-state index in [1.165, 1.54) is 11.1 Å². The summed E-state index contributed by atoms with van der Waals surface area (Å²) in [4.78, 5) is 5.19. The van der Waals surface area contributed by atoms with Crippen molar-refractivity contribution in [3.8, 4) is 0 Å². The van der Waals surface area contributed by atoms with E-state index in [4.69, 9.17) is 0 Å². The molecule has 0 aliphatic rings. The molecule has 0 fully saturated rings. The molecule has 0 aromatic carbocycles. The highest BCUT2D eigenvalue weighted by molar-refractivity contribution is 9.10. The minimum Gasteiger partial charge on any atom is -0.347 e. The van der Waals surface area contributed by atoms with E-state index in [1.807, 2.05) is 6.92 Å². The lowest BCUT2D eigenvalue weighted by Crippen LogP contribution is -2.35. The minimum absolute atomic E-state index is 0.328. The number of aromatic nitrogens is 1. The molecule has 90 valence electrons. The molecule has 1 rings (SSSR count). The number of anilines is 1. The standard InChI is InChI=1S/C10H12BrF3N2/c1-2-6-16(7-10(12,13)14)9-8(11)4-3-5-15-9/h3-5H,2,6-7H2,1H3. The van der Waals surface area contributed by atoms with Gasteiger partial charge in [0.1, 0.15) is 12.4 Å². The number of pyridine rings is 1. The summed E-state index contributed by atoms with van der Waals surface area (Å²) in [6.07, 6.45) is -2.09. The molecule has 1 aromatic rings. The number of alkyl halides is 3. The lowest BCUT2D eigenvalue weighted by molar-refractivity contribution is -0.119. The predicted molar refractivity (Wildman–Crippen MR) is 60.5 cm³/mol. The van der Waals surface area contributed by atoms with Crippen molar-refractivity contribution in [1.29, 1.82) is 0 Å². The topological polar surface area (TPSA) is 16.1 Å². The minimum atomic E-state index is -4.22. The number of hydrogen-bond donors (Lipinski definition) is 0. The Labute approximate surface area is 101 Å². The van der Waals surface area contributed by atoms with E-state index in [9.17, 15) is 13.2 Å². The van der Waals surface area contributed by atoms with Crippen LogP contribution in [0.3, 0.4) is 0 Å². The quantitative estimate of drug-likeness (QED) is 0.843. The van der Waals surface area contributed by atoms with E-state index in [-0.39, 0.29) is 0 Å². The van der Waals surface area contributed by atoms with Gasteiger partial charge in [-0.1, -0.05) is 6.92 Å². The molecule has 0 saturated heterocycles. The summed E-state index contributed by atoms with van der Waals surface area (Å²) in [7, 11) is 0. The molecule has 0 atom stereocenters. The van der Waals surface area contributed by atoms with Crippen LogP contribution >= 0.6 is 15.9 Å². The maximum atomic E-state index is 12.4. The fraction of sp³-hybridized carbons (Fsp3) is 0.500. The van der Waals surface area contributed by atoms with Gasteiger partial charge >= 0.3 is 6.18 Å². The third-order valence-corrected chi connectivity index (χ3v) is 2.52. The first-order chi connectivity index (χ1) is 7.44. The number of hydrogen-bond acceptors (Lipinski definition) is 2. The van der Waals surface area contributed by atoms with Gasteiger partial charge in [0.2, 0.25) is 0 Å². The average molecular weight is 297 g/mol. The van der Waals surface area contributed by atoms with Gasteiger partial charge in [-0.05, 0) is 34.5 Å². The molecule has 0 aliphatic heterocycles. The van der Waals surface area contributed by atoms with Crippen LogP contribution < -0.4 is 4.90 Å². The van der Waals surface area contributed by atoms with E-state index in [1.54, 1.807) is 12.1 Å². The fourth-order valence-corrected chi connectivity index (χ4v) is 1.86. The Morgan fingerprint density at radius 3 is 2.62 bits per heavy atom. The summed E-state index contributed by atoms with van der Waals surface area (Å²) >= 11 is 3.20. The Morgan fingerprint density at radius 1 is 1.44 bits per heavy atom. The van der Waals surface area contributed by atoms with Gasteiger partial charge in [-0.3, -0.25) is 0 Å². The molecule has 1 aromatic heterocycles. The highest BCUT2D eigenvalue weighted by Gasteiger charge is 2.31. The zero-order chi connectivity index (χ0) is 12.2. The van der Waals surface area contributed by atoms with Gasteiger partial charge in [-0.2, -0.15) is 13.2 Å². The molecule has 0 bridgehead atoms. The summed E-state index contributed by atoms with van der Waals surface area (Å²) in [5, 5.41) is 0. The molecule has 2 nitrogen and oxygen atoms in total. The second-order valence-electron chi connectivity index (χ2n) is 3.35. The first-order valence-corrected chi connectivity index (χ1v) is 5.65. The van der Waals surface area contributed by atoms with Crippen molar-refractivity contribution in [2.75, 3.05) is 18.0 Å². The molecule has 0 amide bonds. The molecule has 0 unspecified atom stereocenters. The number of halogens is 4. The van der Waals surface area contributed by atoms with Crippen molar-refractivity contribution in [3.63, 3.8) is 0 Å². The van der Waals surface area contributed by atoms with E-state index in [0.29, 0.717) is 23.3 Å². The first kappa shape index (κ1) is 13.3. The molecule has 0 radical (unpaired) electrons. The monoisotopic (exact) mass is 296 g/mol. The third kappa shape index (κ3) is 4.00. The summed E-state index contributed by atoms with van der Waals surface area (Å²) in [5.41, 5.74) is 0. The summed E-state index contributed by atoms with van der Waals surface area (Å²) < 4.78 is 37.7. The zero-order valence-electron chi connectivity index (χ0n) is 8.76. The van der Waals surface area contributed by atoms with Crippen molar-refractivity contribution in [2.45, 2.75) is 19.5 Å². The Bertz CT molecular complexity index is 341. The predicted octanol–water partition coefficient (Wildman–Crippen LogP) is 3.62. The van der Waals surface area contributed by atoms with Crippen molar-refractivity contribution in [1.82, 2.24) is 4.98 Å². The first-order valence-electron chi connectivity index (χ1n) is 4.86. The van der Waals surface area contributed by atoms with Crippen LogP contribution in [0.5, 0.6) is 0 Å². The Hall–Kier alpha value is -0.780. The van der Waals surface area contributed by atoms with Crippen LogP contribution in [0.4, 0.5) is 19.0 Å². The number of nitrogens with zero attached hydrogens (tertiary/aromatic N) is 2. The lowest BCUT2D eigenvalue weighted by atomic mass is 10.3. The Kier molecular flexibility index (Phi) is 4.58. The van der Waals surface area contributed by atoms with E-state index < -0.39 is 12.7 Å². The SMILES string of the molecule is CCCN(CC(F)(F)F)c1ncccc1Br. The summed E-state index contributed by atoms with van der Waals surface area (Å²) in [5.74, 6) is 0.335. The van der Waals surface area contributed by atoms with E-state index in [2.05, 4.69) is 20.9 Å². The fourth-order valence-electron chi connectivity index (χ4n) is 1.36. The molecule has 6 heteroatoms. The third-order valence-electron chi connectivity index (χ3n) is 1.90. The number of rotatable bonds is 4. The maximum absolute atomic E-state index is 12.4. The zero-order valence-corrected chi connectivity index (χ0v) is 10.3. The van der Waals surface area contributed by atoms with Gasteiger partial charge in [0.15, 0.2) is 0 Å². The van der Waals surface area contributed by atoms with Crippen LogP contribution in [0.2, 0.25) is 0 Å². The Morgan fingerprint density at radius 2 is 2.12 bits per heavy atom. The second-order valence-corrected chi connectivity index (χ2v) is 4.20. The lowest BCUT2D eigenvalue weighted by Gasteiger charge is -2.25. The molecule has 0 saturated carbocycles.